The molecule has 0 unspecified atom stereocenters. The molecule has 0 atom stereocenters. The molecule has 0 saturated carbocycles. The number of ether oxygens (including phenoxy) is 1. The molecule has 0 spiro atoms. The van der Waals surface area contributed by atoms with Crippen LogP contribution in [-0.2, 0) is 9.84 Å². The summed E-state index contributed by atoms with van der Waals surface area (Å²) in [6.07, 6.45) is 2.27. The summed E-state index contributed by atoms with van der Waals surface area (Å²) < 4.78 is 41.6. The third-order valence-electron chi connectivity index (χ3n) is 2.51. The first-order valence-electron chi connectivity index (χ1n) is 5.65. The summed E-state index contributed by atoms with van der Waals surface area (Å²) in [5.74, 6) is -2.62. The van der Waals surface area contributed by atoms with Gasteiger partial charge in [0.1, 0.15) is 22.0 Å². The van der Waals surface area contributed by atoms with Crippen LogP contribution in [0.4, 0.5) is 4.39 Å². The highest BCUT2D eigenvalue weighted by atomic mass is 32.2. The molecule has 1 aromatic heterocycles. The van der Waals surface area contributed by atoms with E-state index < -0.39 is 27.2 Å². The van der Waals surface area contributed by atoms with Gasteiger partial charge in [-0.25, -0.2) is 22.6 Å². The number of carboxylic acid groups (broad SMARTS) is 1. The van der Waals surface area contributed by atoms with Crippen LogP contribution in [0, 0.1) is 5.82 Å². The zero-order chi connectivity index (χ0) is 15.6. The summed E-state index contributed by atoms with van der Waals surface area (Å²) in [5, 5.41) is 9.01. The van der Waals surface area contributed by atoms with E-state index in [1.807, 2.05) is 0 Å². The van der Waals surface area contributed by atoms with E-state index >= 15 is 0 Å². The van der Waals surface area contributed by atoms with E-state index in [9.17, 15) is 17.6 Å². The molecule has 6 nitrogen and oxygen atoms in total. The molecule has 1 aromatic carbocycles. The van der Waals surface area contributed by atoms with Crippen molar-refractivity contribution in [1.29, 1.82) is 0 Å². The molecule has 0 radical (unpaired) electrons. The van der Waals surface area contributed by atoms with Crippen LogP contribution in [0.15, 0.2) is 41.4 Å². The minimum absolute atomic E-state index is 0.189. The highest BCUT2D eigenvalue weighted by molar-refractivity contribution is 7.90. The number of nitrogens with zero attached hydrogens (tertiary/aromatic N) is 1. The number of sulfone groups is 1. The van der Waals surface area contributed by atoms with Gasteiger partial charge in [-0.3, -0.25) is 0 Å². The first-order chi connectivity index (χ1) is 9.79. The van der Waals surface area contributed by atoms with Crippen LogP contribution in [0.25, 0.3) is 0 Å². The van der Waals surface area contributed by atoms with Crippen LogP contribution in [0.2, 0.25) is 0 Å². The van der Waals surface area contributed by atoms with Crippen molar-refractivity contribution >= 4 is 15.8 Å². The van der Waals surface area contributed by atoms with Gasteiger partial charge in [0.2, 0.25) is 5.88 Å². The molecule has 2 rings (SSSR count). The largest absolute Gasteiger partial charge is 0.478 e. The predicted octanol–water partition coefficient (Wildman–Crippen LogP) is 2.11. The third kappa shape index (κ3) is 3.34. The second-order valence-electron chi connectivity index (χ2n) is 4.13. The summed E-state index contributed by atoms with van der Waals surface area (Å²) >= 11 is 0. The number of hydrogen-bond acceptors (Lipinski definition) is 5. The summed E-state index contributed by atoms with van der Waals surface area (Å²) in [4.78, 5) is 14.6. The second kappa shape index (κ2) is 5.49. The molecule has 0 aliphatic carbocycles. The van der Waals surface area contributed by atoms with Crippen molar-refractivity contribution in [2.75, 3.05) is 6.26 Å². The van der Waals surface area contributed by atoms with Crippen LogP contribution in [-0.4, -0.2) is 30.7 Å². The van der Waals surface area contributed by atoms with Crippen molar-refractivity contribution < 1.29 is 27.4 Å². The smallest absolute Gasteiger partial charge is 0.339 e. The van der Waals surface area contributed by atoms with E-state index in [4.69, 9.17) is 9.84 Å². The van der Waals surface area contributed by atoms with Crippen LogP contribution >= 0.6 is 0 Å². The Labute approximate surface area is 119 Å². The van der Waals surface area contributed by atoms with Crippen LogP contribution in [0.5, 0.6) is 11.6 Å². The lowest BCUT2D eigenvalue weighted by atomic mass is 10.2. The van der Waals surface area contributed by atoms with Crippen molar-refractivity contribution in [2.24, 2.45) is 0 Å². The zero-order valence-corrected chi connectivity index (χ0v) is 11.6. The number of carbonyl (C=O) groups is 1. The first-order valence-corrected chi connectivity index (χ1v) is 7.54. The third-order valence-corrected chi connectivity index (χ3v) is 3.62. The Morgan fingerprint density at radius 1 is 1.33 bits per heavy atom. The average Bonchev–Trinajstić information content (AvgIpc) is 2.40. The number of benzene rings is 1. The minimum Gasteiger partial charge on any atom is -0.478 e. The SMILES string of the molecule is CS(=O)(=O)c1cccnc1Oc1ccc(F)cc1C(=O)O. The molecule has 110 valence electrons. The Morgan fingerprint density at radius 3 is 2.67 bits per heavy atom. The summed E-state index contributed by atoms with van der Waals surface area (Å²) in [6, 6.07) is 5.57. The number of aromatic carboxylic acids is 1. The van der Waals surface area contributed by atoms with Crippen molar-refractivity contribution in [3.8, 4) is 11.6 Å². The topological polar surface area (TPSA) is 93.6 Å². The fourth-order valence-electron chi connectivity index (χ4n) is 1.60. The Balaban J connectivity index is 2.52. The van der Waals surface area contributed by atoms with Gasteiger partial charge in [-0.15, -0.1) is 0 Å². The molecule has 1 heterocycles. The zero-order valence-electron chi connectivity index (χ0n) is 10.8. The van der Waals surface area contributed by atoms with Gasteiger partial charge in [0.15, 0.2) is 9.84 Å². The van der Waals surface area contributed by atoms with Crippen LogP contribution in [0.3, 0.4) is 0 Å². The maximum atomic E-state index is 13.1. The van der Waals surface area contributed by atoms with Crippen LogP contribution in [0.1, 0.15) is 10.4 Å². The highest BCUT2D eigenvalue weighted by Gasteiger charge is 2.19. The normalized spacial score (nSPS) is 11.1. The molecular weight excluding hydrogens is 301 g/mol. The molecule has 8 heteroatoms. The summed E-state index contributed by atoms with van der Waals surface area (Å²) in [5.41, 5.74) is -0.430. The molecule has 0 amide bonds. The number of rotatable bonds is 4. The molecule has 2 aromatic rings. The Hall–Kier alpha value is -2.48. The predicted molar refractivity (Wildman–Crippen MR) is 70.8 cm³/mol. The maximum Gasteiger partial charge on any atom is 0.339 e. The van der Waals surface area contributed by atoms with E-state index in [1.165, 1.54) is 18.3 Å². The van der Waals surface area contributed by atoms with E-state index in [0.29, 0.717) is 0 Å². The average molecular weight is 311 g/mol. The lowest BCUT2D eigenvalue weighted by Gasteiger charge is -2.10. The Kier molecular flexibility index (Phi) is 3.90. The first kappa shape index (κ1) is 14.9. The van der Waals surface area contributed by atoms with E-state index in [1.54, 1.807) is 0 Å². The number of halogens is 1. The van der Waals surface area contributed by atoms with Crippen LogP contribution < -0.4 is 4.74 Å². The Morgan fingerprint density at radius 2 is 2.05 bits per heavy atom. The minimum atomic E-state index is -3.60. The second-order valence-corrected chi connectivity index (χ2v) is 6.11. The molecule has 21 heavy (non-hydrogen) atoms. The van der Waals surface area contributed by atoms with Gasteiger partial charge >= 0.3 is 5.97 Å². The standard InChI is InChI=1S/C13H10FNO5S/c1-21(18,19)11-3-2-6-15-12(11)20-10-5-4-8(14)7-9(10)13(16)17/h2-7H,1H3,(H,16,17). The van der Waals surface area contributed by atoms with Gasteiger partial charge in [0.05, 0.1) is 0 Å². The monoisotopic (exact) mass is 311 g/mol. The van der Waals surface area contributed by atoms with Gasteiger partial charge in [-0.2, -0.15) is 0 Å². The lowest BCUT2D eigenvalue weighted by molar-refractivity contribution is 0.0693. The molecule has 0 bridgehead atoms. The van der Waals surface area contributed by atoms with Gasteiger partial charge in [-0.05, 0) is 30.3 Å². The number of pyridine rings is 1. The van der Waals surface area contributed by atoms with Gasteiger partial charge in [0, 0.05) is 12.5 Å². The molecule has 0 saturated heterocycles. The van der Waals surface area contributed by atoms with Gasteiger partial charge in [0.25, 0.3) is 0 Å². The summed E-state index contributed by atoms with van der Waals surface area (Å²) in [7, 11) is -3.60. The number of carboxylic acids is 1. The van der Waals surface area contributed by atoms with E-state index in [2.05, 4.69) is 4.98 Å². The van der Waals surface area contributed by atoms with Crippen molar-refractivity contribution in [2.45, 2.75) is 4.90 Å². The molecule has 1 N–H and O–H groups in total. The highest BCUT2D eigenvalue weighted by Crippen LogP contribution is 2.29. The number of aromatic nitrogens is 1. The lowest BCUT2D eigenvalue weighted by Crippen LogP contribution is -2.05. The fraction of sp³-hybridized carbons (Fsp3) is 0.0769. The molecule has 0 aliphatic heterocycles. The Bertz CT molecular complexity index is 804. The molecular formula is C13H10FNO5S. The fourth-order valence-corrected chi connectivity index (χ4v) is 2.33. The number of hydrogen-bond donors (Lipinski definition) is 1. The van der Waals surface area contributed by atoms with E-state index in [-0.39, 0.29) is 16.5 Å². The quantitative estimate of drug-likeness (QED) is 0.929. The van der Waals surface area contributed by atoms with Gasteiger partial charge < -0.3 is 9.84 Å². The van der Waals surface area contributed by atoms with Crippen molar-refractivity contribution in [3.63, 3.8) is 0 Å². The molecule has 0 aliphatic rings. The summed E-state index contributed by atoms with van der Waals surface area (Å²) in [6.45, 7) is 0. The van der Waals surface area contributed by atoms with Crippen molar-refractivity contribution in [1.82, 2.24) is 4.98 Å². The van der Waals surface area contributed by atoms with Gasteiger partial charge in [-0.1, -0.05) is 0 Å². The van der Waals surface area contributed by atoms with Crippen molar-refractivity contribution in [3.05, 3.63) is 47.9 Å². The molecule has 0 fully saturated rings. The van der Waals surface area contributed by atoms with E-state index in [0.717, 1.165) is 24.5 Å². The maximum absolute atomic E-state index is 13.1.